The highest BCUT2D eigenvalue weighted by molar-refractivity contribution is 8.00. The van der Waals surface area contributed by atoms with E-state index in [-0.39, 0.29) is 17.7 Å². The van der Waals surface area contributed by atoms with Crippen LogP contribution in [0.2, 0.25) is 0 Å². The molecule has 0 spiro atoms. The van der Waals surface area contributed by atoms with E-state index in [9.17, 15) is 9.59 Å². The number of likely N-dealkylation sites (N-methyl/N-ethyl adjacent to an activating group) is 1. The molecule has 1 aromatic rings. The Morgan fingerprint density at radius 1 is 1.27 bits per heavy atom. The molecule has 0 aromatic heterocycles. The summed E-state index contributed by atoms with van der Waals surface area (Å²) in [5.41, 5.74) is 2.23. The number of hydrogen-bond acceptors (Lipinski definition) is 4. The van der Waals surface area contributed by atoms with Gasteiger partial charge < -0.3 is 14.9 Å². The van der Waals surface area contributed by atoms with E-state index in [0.717, 1.165) is 17.7 Å². The second-order valence-corrected chi connectivity index (χ2v) is 6.87. The molecule has 0 fully saturated rings. The number of thioether (sulfide) groups is 1. The standard InChI is InChI=1S/C16H22N2O3S/c1-17(2)8-9-18(11-14(19)20)16(21)15-13-6-4-3-5-12(13)7-10-22-15/h3-6,15H,7-11H2,1-2H3,(H,19,20)/t15-/m0/s1. The summed E-state index contributed by atoms with van der Waals surface area (Å²) in [5, 5.41) is 8.79. The van der Waals surface area contributed by atoms with Crippen molar-refractivity contribution < 1.29 is 14.7 Å². The molecule has 1 aliphatic heterocycles. The predicted molar refractivity (Wildman–Crippen MR) is 88.1 cm³/mol. The van der Waals surface area contributed by atoms with Gasteiger partial charge in [0.25, 0.3) is 0 Å². The van der Waals surface area contributed by atoms with Gasteiger partial charge in [-0.3, -0.25) is 9.59 Å². The largest absolute Gasteiger partial charge is 0.480 e. The number of carbonyl (C=O) groups excluding carboxylic acids is 1. The van der Waals surface area contributed by atoms with Crippen molar-refractivity contribution in [2.45, 2.75) is 11.7 Å². The predicted octanol–water partition coefficient (Wildman–Crippen LogP) is 1.49. The first-order chi connectivity index (χ1) is 10.5. The third-order valence-electron chi connectivity index (χ3n) is 3.67. The van der Waals surface area contributed by atoms with Crippen molar-refractivity contribution in [1.29, 1.82) is 0 Å². The number of carbonyl (C=O) groups is 2. The van der Waals surface area contributed by atoms with Crippen LogP contribution >= 0.6 is 11.8 Å². The van der Waals surface area contributed by atoms with E-state index in [1.54, 1.807) is 11.8 Å². The van der Waals surface area contributed by atoms with E-state index in [1.165, 1.54) is 10.5 Å². The Hall–Kier alpha value is -1.53. The van der Waals surface area contributed by atoms with Crippen LogP contribution in [0.25, 0.3) is 0 Å². The van der Waals surface area contributed by atoms with E-state index in [2.05, 4.69) is 6.07 Å². The lowest BCUT2D eigenvalue weighted by molar-refractivity contribution is -0.144. The average Bonchev–Trinajstić information content (AvgIpc) is 2.49. The summed E-state index contributed by atoms with van der Waals surface area (Å²) in [6, 6.07) is 7.95. The van der Waals surface area contributed by atoms with Crippen LogP contribution in [0.4, 0.5) is 0 Å². The Labute approximate surface area is 135 Å². The molecule has 5 nitrogen and oxygen atoms in total. The summed E-state index contributed by atoms with van der Waals surface area (Å²) in [5.74, 6) is -0.176. The fourth-order valence-electron chi connectivity index (χ4n) is 2.52. The van der Waals surface area contributed by atoms with Gasteiger partial charge in [-0.15, -0.1) is 11.8 Å². The molecule has 1 heterocycles. The number of hydrogen-bond donors (Lipinski definition) is 1. The zero-order valence-electron chi connectivity index (χ0n) is 13.0. The maximum absolute atomic E-state index is 12.8. The van der Waals surface area contributed by atoms with Crippen LogP contribution in [0.5, 0.6) is 0 Å². The quantitative estimate of drug-likeness (QED) is 0.860. The summed E-state index contributed by atoms with van der Waals surface area (Å²) in [6.45, 7) is 0.835. The zero-order chi connectivity index (χ0) is 16.1. The Morgan fingerprint density at radius 3 is 2.68 bits per heavy atom. The summed E-state index contributed by atoms with van der Waals surface area (Å²) >= 11 is 1.61. The lowest BCUT2D eigenvalue weighted by Crippen LogP contribution is -2.42. The lowest BCUT2D eigenvalue weighted by atomic mass is 10.0. The van der Waals surface area contributed by atoms with Crippen molar-refractivity contribution in [2.24, 2.45) is 0 Å². The maximum Gasteiger partial charge on any atom is 0.323 e. The van der Waals surface area contributed by atoms with Gasteiger partial charge in [-0.1, -0.05) is 24.3 Å². The molecule has 1 N–H and O–H groups in total. The lowest BCUT2D eigenvalue weighted by Gasteiger charge is -2.30. The summed E-state index contributed by atoms with van der Waals surface area (Å²) in [4.78, 5) is 27.3. The second kappa shape index (κ2) is 7.65. The fraction of sp³-hybridized carbons (Fsp3) is 0.500. The van der Waals surface area contributed by atoms with Crippen LogP contribution in [0.1, 0.15) is 16.4 Å². The summed E-state index contributed by atoms with van der Waals surface area (Å²) in [7, 11) is 3.82. The van der Waals surface area contributed by atoms with Gasteiger partial charge in [0.1, 0.15) is 11.8 Å². The Kier molecular flexibility index (Phi) is 5.85. The molecule has 1 amide bonds. The number of amides is 1. The van der Waals surface area contributed by atoms with Crippen LogP contribution in [-0.2, 0) is 16.0 Å². The highest BCUT2D eigenvalue weighted by Gasteiger charge is 2.31. The van der Waals surface area contributed by atoms with Gasteiger partial charge in [-0.05, 0) is 37.4 Å². The van der Waals surface area contributed by atoms with Crippen molar-refractivity contribution in [1.82, 2.24) is 9.80 Å². The third-order valence-corrected chi connectivity index (χ3v) is 4.90. The topological polar surface area (TPSA) is 60.9 Å². The molecule has 0 saturated carbocycles. The van der Waals surface area contributed by atoms with Crippen LogP contribution in [0, 0.1) is 0 Å². The van der Waals surface area contributed by atoms with Crippen LogP contribution in [-0.4, -0.2) is 66.3 Å². The smallest absolute Gasteiger partial charge is 0.323 e. The van der Waals surface area contributed by atoms with E-state index in [1.807, 2.05) is 37.2 Å². The van der Waals surface area contributed by atoms with Gasteiger partial charge in [0.2, 0.25) is 5.91 Å². The first-order valence-corrected chi connectivity index (χ1v) is 8.38. The molecule has 120 valence electrons. The first kappa shape index (κ1) is 16.8. The number of benzene rings is 1. The zero-order valence-corrected chi connectivity index (χ0v) is 13.8. The SMILES string of the molecule is CN(C)CCN(CC(=O)O)C(=O)[C@H]1SCCc2ccccc21. The number of carboxylic acid groups (broad SMARTS) is 1. The monoisotopic (exact) mass is 322 g/mol. The first-order valence-electron chi connectivity index (χ1n) is 7.33. The molecular formula is C16H22N2O3S. The highest BCUT2D eigenvalue weighted by atomic mass is 32.2. The van der Waals surface area contributed by atoms with Gasteiger partial charge in [0.05, 0.1) is 0 Å². The minimum Gasteiger partial charge on any atom is -0.480 e. The molecule has 0 radical (unpaired) electrons. The van der Waals surface area contributed by atoms with Crippen molar-refractivity contribution in [3.63, 3.8) is 0 Å². The molecule has 1 aromatic carbocycles. The summed E-state index contributed by atoms with van der Waals surface area (Å²) < 4.78 is 0. The molecule has 0 aliphatic carbocycles. The fourth-order valence-corrected chi connectivity index (χ4v) is 3.79. The van der Waals surface area contributed by atoms with Gasteiger partial charge >= 0.3 is 5.97 Å². The second-order valence-electron chi connectivity index (χ2n) is 5.66. The van der Waals surface area contributed by atoms with Crippen molar-refractivity contribution >= 4 is 23.6 Å². The Morgan fingerprint density at radius 2 is 2.00 bits per heavy atom. The van der Waals surface area contributed by atoms with Crippen LogP contribution in [0.3, 0.4) is 0 Å². The van der Waals surface area contributed by atoms with Crippen molar-refractivity contribution in [3.8, 4) is 0 Å². The molecule has 1 aliphatic rings. The van der Waals surface area contributed by atoms with Gasteiger partial charge in [0.15, 0.2) is 0 Å². The third kappa shape index (κ3) is 4.24. The van der Waals surface area contributed by atoms with E-state index in [4.69, 9.17) is 5.11 Å². The molecule has 2 rings (SSSR count). The minimum absolute atomic E-state index is 0.0959. The average molecular weight is 322 g/mol. The highest BCUT2D eigenvalue weighted by Crippen LogP contribution is 2.37. The molecule has 22 heavy (non-hydrogen) atoms. The Bertz CT molecular complexity index is 548. The minimum atomic E-state index is -0.971. The normalized spacial score (nSPS) is 17.1. The number of fused-ring (bicyclic) bond motifs is 1. The van der Waals surface area contributed by atoms with Crippen molar-refractivity contribution in [3.05, 3.63) is 35.4 Å². The molecular weight excluding hydrogens is 300 g/mol. The number of carboxylic acids is 1. The molecule has 0 unspecified atom stereocenters. The molecule has 6 heteroatoms. The number of aliphatic carboxylic acids is 1. The number of rotatable bonds is 6. The van der Waals surface area contributed by atoms with Crippen molar-refractivity contribution in [2.75, 3.05) is 39.5 Å². The van der Waals surface area contributed by atoms with Crippen LogP contribution in [0.15, 0.2) is 24.3 Å². The molecule has 0 bridgehead atoms. The van der Waals surface area contributed by atoms with E-state index < -0.39 is 5.97 Å². The van der Waals surface area contributed by atoms with E-state index in [0.29, 0.717) is 13.1 Å². The number of aryl methyl sites for hydroxylation is 1. The Balaban J connectivity index is 2.17. The van der Waals surface area contributed by atoms with Crippen LogP contribution < -0.4 is 0 Å². The number of nitrogens with zero attached hydrogens (tertiary/aromatic N) is 2. The van der Waals surface area contributed by atoms with Gasteiger partial charge in [-0.2, -0.15) is 0 Å². The molecule has 0 saturated heterocycles. The van der Waals surface area contributed by atoms with Gasteiger partial charge in [-0.25, -0.2) is 0 Å². The molecule has 1 atom stereocenters. The maximum atomic E-state index is 12.8. The summed E-state index contributed by atoms with van der Waals surface area (Å²) in [6.07, 6.45) is 0.960. The van der Waals surface area contributed by atoms with Gasteiger partial charge in [0, 0.05) is 13.1 Å². The van der Waals surface area contributed by atoms with E-state index >= 15 is 0 Å².